The molecule has 0 spiro atoms. The van der Waals surface area contributed by atoms with Crippen LogP contribution in [0.2, 0.25) is 0 Å². The second kappa shape index (κ2) is 5.88. The molecule has 0 aromatic rings. The van der Waals surface area contributed by atoms with Crippen molar-refractivity contribution in [2.75, 3.05) is 17.3 Å². The van der Waals surface area contributed by atoms with Crippen LogP contribution in [0.4, 0.5) is 0 Å². The van der Waals surface area contributed by atoms with Crippen LogP contribution < -0.4 is 0 Å². The molecule has 0 aromatic heterocycles. The molecule has 0 aliphatic heterocycles. The van der Waals surface area contributed by atoms with Crippen molar-refractivity contribution < 1.29 is 13.5 Å². The van der Waals surface area contributed by atoms with Gasteiger partial charge in [-0.25, -0.2) is 8.42 Å². The molecule has 0 bridgehead atoms. The van der Waals surface area contributed by atoms with Crippen molar-refractivity contribution in [1.82, 2.24) is 0 Å². The number of sulfone groups is 1. The van der Waals surface area contributed by atoms with Crippen molar-refractivity contribution in [2.24, 2.45) is 0 Å². The minimum atomic E-state index is -2.84. The second-order valence-corrected chi connectivity index (χ2v) is 7.01. The molecule has 3 nitrogen and oxygen atoms in total. The van der Waals surface area contributed by atoms with Gasteiger partial charge in [-0.3, -0.25) is 0 Å². The van der Waals surface area contributed by atoms with Crippen LogP contribution in [0.15, 0.2) is 0 Å². The molecule has 80 valence electrons. The first kappa shape index (κ1) is 13.3. The molecule has 2 unspecified atom stereocenters. The maximum atomic E-state index is 11.1. The predicted octanol–water partition coefficient (Wildman–Crippen LogP) is 0.924. The van der Waals surface area contributed by atoms with E-state index in [0.717, 1.165) is 0 Å². The first-order chi connectivity index (χ1) is 5.89. The number of aliphatic hydroxyl groups is 1. The number of hydrogen-bond donors (Lipinski definition) is 1. The van der Waals surface area contributed by atoms with Crippen LogP contribution in [0.3, 0.4) is 0 Å². The Bertz CT molecular complexity index is 222. The average Bonchev–Trinajstić information content (AvgIpc) is 2.04. The van der Waals surface area contributed by atoms with Crippen LogP contribution in [-0.4, -0.2) is 42.1 Å². The Kier molecular flexibility index (Phi) is 6.00. The van der Waals surface area contributed by atoms with Gasteiger partial charge in [-0.05, 0) is 6.92 Å². The fraction of sp³-hybridized carbons (Fsp3) is 1.00. The number of rotatable bonds is 6. The molecular formula is C8H18O3S2. The van der Waals surface area contributed by atoms with Gasteiger partial charge in [-0.2, -0.15) is 11.8 Å². The molecular weight excluding hydrogens is 208 g/mol. The Hall–Kier alpha value is 0.260. The van der Waals surface area contributed by atoms with E-state index >= 15 is 0 Å². The van der Waals surface area contributed by atoms with Gasteiger partial charge in [0.15, 0.2) is 9.84 Å². The molecule has 0 saturated heterocycles. The highest BCUT2D eigenvalue weighted by atomic mass is 32.2. The lowest BCUT2D eigenvalue weighted by atomic mass is 10.3. The molecule has 5 heteroatoms. The summed E-state index contributed by atoms with van der Waals surface area (Å²) >= 11 is 1.50. The molecule has 0 heterocycles. The zero-order valence-corrected chi connectivity index (χ0v) is 9.99. The van der Waals surface area contributed by atoms with E-state index in [1.807, 2.05) is 6.92 Å². The SMILES string of the molecule is CCS(=O)(=O)CCSC(C)C(C)O. The molecule has 0 rings (SSSR count). The minimum Gasteiger partial charge on any atom is -0.392 e. The number of thioether (sulfide) groups is 1. The summed E-state index contributed by atoms with van der Waals surface area (Å²) in [4.78, 5) is 0. The van der Waals surface area contributed by atoms with Crippen molar-refractivity contribution in [3.63, 3.8) is 0 Å². The summed E-state index contributed by atoms with van der Waals surface area (Å²) in [7, 11) is -2.84. The molecule has 0 fully saturated rings. The third-order valence-corrected chi connectivity index (χ3v) is 5.22. The second-order valence-electron chi connectivity index (χ2n) is 3.05. The highest BCUT2D eigenvalue weighted by molar-refractivity contribution is 8.01. The van der Waals surface area contributed by atoms with Crippen LogP contribution in [0.1, 0.15) is 20.8 Å². The maximum absolute atomic E-state index is 11.1. The number of aliphatic hydroxyl groups excluding tert-OH is 1. The minimum absolute atomic E-state index is 0.104. The van der Waals surface area contributed by atoms with Crippen LogP contribution >= 0.6 is 11.8 Å². The normalized spacial score (nSPS) is 16.9. The Morgan fingerprint density at radius 1 is 1.38 bits per heavy atom. The third-order valence-electron chi connectivity index (χ3n) is 1.89. The van der Waals surface area contributed by atoms with Crippen molar-refractivity contribution in [2.45, 2.75) is 32.1 Å². The summed E-state index contributed by atoms with van der Waals surface area (Å²) < 4.78 is 22.1. The Morgan fingerprint density at radius 2 is 1.92 bits per heavy atom. The van der Waals surface area contributed by atoms with E-state index in [-0.39, 0.29) is 22.9 Å². The van der Waals surface area contributed by atoms with E-state index in [9.17, 15) is 8.42 Å². The molecule has 2 atom stereocenters. The van der Waals surface area contributed by atoms with Gasteiger partial charge < -0.3 is 5.11 Å². The maximum Gasteiger partial charge on any atom is 0.150 e. The average molecular weight is 226 g/mol. The van der Waals surface area contributed by atoms with Gasteiger partial charge in [0.1, 0.15) is 0 Å². The van der Waals surface area contributed by atoms with Crippen molar-refractivity contribution in [3.05, 3.63) is 0 Å². The van der Waals surface area contributed by atoms with Crippen molar-refractivity contribution >= 4 is 21.6 Å². The van der Waals surface area contributed by atoms with E-state index in [4.69, 9.17) is 5.11 Å². The quantitative estimate of drug-likeness (QED) is 0.732. The largest absolute Gasteiger partial charge is 0.392 e. The molecule has 0 saturated carbocycles. The van der Waals surface area contributed by atoms with Gasteiger partial charge in [0.25, 0.3) is 0 Å². The lowest BCUT2D eigenvalue weighted by Crippen LogP contribution is -2.18. The van der Waals surface area contributed by atoms with Gasteiger partial charge in [0, 0.05) is 16.8 Å². The lowest BCUT2D eigenvalue weighted by molar-refractivity contribution is 0.196. The molecule has 0 radical (unpaired) electrons. The van der Waals surface area contributed by atoms with E-state index in [1.54, 1.807) is 13.8 Å². The Labute approximate surface area is 84.8 Å². The fourth-order valence-corrected chi connectivity index (χ4v) is 2.98. The van der Waals surface area contributed by atoms with Crippen LogP contribution in [0, 0.1) is 0 Å². The predicted molar refractivity (Wildman–Crippen MR) is 57.9 cm³/mol. The molecule has 0 aliphatic rings. The zero-order valence-electron chi connectivity index (χ0n) is 8.36. The van der Waals surface area contributed by atoms with E-state index < -0.39 is 9.84 Å². The summed E-state index contributed by atoms with van der Waals surface area (Å²) in [6.07, 6.45) is -0.380. The standard InChI is InChI=1S/C8H18O3S2/c1-4-13(10,11)6-5-12-8(3)7(2)9/h7-9H,4-6H2,1-3H3. The summed E-state index contributed by atoms with van der Waals surface area (Å²) in [5.74, 6) is 0.990. The molecule has 0 aromatic carbocycles. The summed E-state index contributed by atoms with van der Waals surface area (Å²) in [6.45, 7) is 5.26. The van der Waals surface area contributed by atoms with Crippen LogP contribution in [0.5, 0.6) is 0 Å². The van der Waals surface area contributed by atoms with Crippen molar-refractivity contribution in [3.8, 4) is 0 Å². The monoisotopic (exact) mass is 226 g/mol. The fourth-order valence-electron chi connectivity index (χ4n) is 0.645. The van der Waals surface area contributed by atoms with Crippen LogP contribution in [-0.2, 0) is 9.84 Å². The van der Waals surface area contributed by atoms with Gasteiger partial charge in [0.05, 0.1) is 11.9 Å². The third kappa shape index (κ3) is 6.35. The molecule has 1 N–H and O–H groups in total. The smallest absolute Gasteiger partial charge is 0.150 e. The van der Waals surface area contributed by atoms with E-state index in [2.05, 4.69) is 0 Å². The highest BCUT2D eigenvalue weighted by Gasteiger charge is 2.12. The summed E-state index contributed by atoms with van der Waals surface area (Å²) in [6, 6.07) is 0. The topological polar surface area (TPSA) is 54.4 Å². The first-order valence-electron chi connectivity index (χ1n) is 4.39. The van der Waals surface area contributed by atoms with E-state index in [0.29, 0.717) is 5.75 Å². The first-order valence-corrected chi connectivity index (χ1v) is 7.26. The Morgan fingerprint density at radius 3 is 2.31 bits per heavy atom. The van der Waals surface area contributed by atoms with Gasteiger partial charge in [0.2, 0.25) is 0 Å². The summed E-state index contributed by atoms with van der Waals surface area (Å²) in [5.41, 5.74) is 0. The van der Waals surface area contributed by atoms with Gasteiger partial charge >= 0.3 is 0 Å². The van der Waals surface area contributed by atoms with Crippen LogP contribution in [0.25, 0.3) is 0 Å². The lowest BCUT2D eigenvalue weighted by Gasteiger charge is -2.13. The molecule has 13 heavy (non-hydrogen) atoms. The van der Waals surface area contributed by atoms with Gasteiger partial charge in [-0.1, -0.05) is 13.8 Å². The highest BCUT2D eigenvalue weighted by Crippen LogP contribution is 2.14. The zero-order chi connectivity index (χ0) is 10.5. The van der Waals surface area contributed by atoms with Gasteiger partial charge in [-0.15, -0.1) is 0 Å². The number of hydrogen-bond acceptors (Lipinski definition) is 4. The molecule has 0 aliphatic carbocycles. The van der Waals surface area contributed by atoms with E-state index in [1.165, 1.54) is 11.8 Å². The summed E-state index contributed by atoms with van der Waals surface area (Å²) in [5, 5.41) is 9.24. The molecule has 0 amide bonds. The van der Waals surface area contributed by atoms with Crippen molar-refractivity contribution in [1.29, 1.82) is 0 Å². The Balaban J connectivity index is 3.69.